The minimum absolute atomic E-state index is 0.114. The van der Waals surface area contributed by atoms with Crippen molar-refractivity contribution in [3.05, 3.63) is 35.4 Å². The number of rotatable bonds is 2. The number of hydrogen-bond donors (Lipinski definition) is 2. The van der Waals surface area contributed by atoms with Gasteiger partial charge in [-0.1, -0.05) is 36.0 Å². The Kier molecular flexibility index (Phi) is 3.43. The first kappa shape index (κ1) is 13.5. The Morgan fingerprint density at radius 1 is 1.35 bits per heavy atom. The van der Waals surface area contributed by atoms with Crippen LogP contribution in [0.1, 0.15) is 18.1 Å². The van der Waals surface area contributed by atoms with Crippen molar-refractivity contribution in [1.29, 1.82) is 0 Å². The smallest absolute Gasteiger partial charge is 0.270 e. The van der Waals surface area contributed by atoms with E-state index in [0.717, 1.165) is 19.5 Å². The van der Waals surface area contributed by atoms with Crippen LogP contribution in [-0.4, -0.2) is 34.4 Å². The third-order valence-corrected chi connectivity index (χ3v) is 4.90. The number of thioether (sulfide) groups is 1. The van der Waals surface area contributed by atoms with Gasteiger partial charge in [0.15, 0.2) is 0 Å². The number of hydrazone groups is 1. The van der Waals surface area contributed by atoms with E-state index in [0.29, 0.717) is 5.71 Å². The van der Waals surface area contributed by atoms with Crippen molar-refractivity contribution in [3.63, 3.8) is 0 Å². The van der Waals surface area contributed by atoms with Gasteiger partial charge in [-0.3, -0.25) is 10.2 Å². The molecule has 2 aliphatic heterocycles. The topological polar surface area (TPSA) is 56.7 Å². The van der Waals surface area contributed by atoms with Crippen LogP contribution >= 0.6 is 11.8 Å². The number of hydrogen-bond acceptors (Lipinski definition) is 5. The molecule has 0 saturated heterocycles. The van der Waals surface area contributed by atoms with Crippen molar-refractivity contribution in [2.45, 2.75) is 25.0 Å². The van der Waals surface area contributed by atoms with Gasteiger partial charge in [0.2, 0.25) is 5.12 Å². The Balaban J connectivity index is 1.87. The van der Waals surface area contributed by atoms with E-state index in [4.69, 9.17) is 0 Å². The molecule has 2 heterocycles. The maximum atomic E-state index is 11.9. The zero-order valence-electron chi connectivity index (χ0n) is 11.6. The van der Waals surface area contributed by atoms with Gasteiger partial charge in [-0.15, -0.1) is 0 Å². The van der Waals surface area contributed by atoms with Gasteiger partial charge in [-0.2, -0.15) is 5.10 Å². The maximum absolute atomic E-state index is 11.9. The van der Waals surface area contributed by atoms with Crippen LogP contribution in [0.5, 0.6) is 0 Å². The highest BCUT2D eigenvalue weighted by atomic mass is 32.2. The molecule has 6 heteroatoms. The molecule has 5 nitrogen and oxygen atoms in total. The molecule has 1 aromatic carbocycles. The third-order valence-electron chi connectivity index (χ3n) is 3.86. The lowest BCUT2D eigenvalue weighted by Crippen LogP contribution is -2.69. The molecule has 0 unspecified atom stereocenters. The van der Waals surface area contributed by atoms with Gasteiger partial charge in [0.25, 0.3) is 5.91 Å². The molecule has 1 amide bonds. The molecule has 0 bridgehead atoms. The van der Waals surface area contributed by atoms with Crippen molar-refractivity contribution in [2.24, 2.45) is 5.10 Å². The van der Waals surface area contributed by atoms with Crippen molar-refractivity contribution < 1.29 is 4.79 Å². The summed E-state index contributed by atoms with van der Waals surface area (Å²) in [7, 11) is 0. The lowest BCUT2D eigenvalue weighted by Gasteiger charge is -2.45. The van der Waals surface area contributed by atoms with E-state index in [-0.39, 0.29) is 5.91 Å². The second-order valence-corrected chi connectivity index (χ2v) is 6.05. The number of benzene rings is 1. The minimum Gasteiger partial charge on any atom is -0.305 e. The molecule has 20 heavy (non-hydrogen) atoms. The van der Waals surface area contributed by atoms with Gasteiger partial charge in [0.05, 0.1) is 0 Å². The predicted molar refractivity (Wildman–Crippen MR) is 81.2 cm³/mol. The molecule has 2 N–H and O–H groups in total. The number of carbonyl (C=O) groups excluding carboxylic acids is 1. The Morgan fingerprint density at radius 2 is 2.10 bits per heavy atom. The highest BCUT2D eigenvalue weighted by Crippen LogP contribution is 2.29. The van der Waals surface area contributed by atoms with Crippen molar-refractivity contribution in [2.75, 3.05) is 12.8 Å². The van der Waals surface area contributed by atoms with Crippen LogP contribution in [0.3, 0.4) is 0 Å². The normalized spacial score (nSPS) is 26.3. The molecule has 3 rings (SSSR count). The summed E-state index contributed by atoms with van der Waals surface area (Å²) < 4.78 is 0. The molecule has 0 aliphatic carbocycles. The quantitative estimate of drug-likeness (QED) is 0.857. The summed E-state index contributed by atoms with van der Waals surface area (Å²) in [6, 6.07) is 8.46. The zero-order chi connectivity index (χ0) is 14.2. The van der Waals surface area contributed by atoms with Crippen LogP contribution in [-0.2, 0) is 17.8 Å². The van der Waals surface area contributed by atoms with Gasteiger partial charge < -0.3 is 5.32 Å². The van der Waals surface area contributed by atoms with Gasteiger partial charge >= 0.3 is 0 Å². The number of nitrogens with one attached hydrogen (secondary N) is 2. The lowest BCUT2D eigenvalue weighted by atomic mass is 10.00. The van der Waals surface area contributed by atoms with E-state index in [2.05, 4.69) is 45.0 Å². The molecule has 0 fully saturated rings. The number of fused-ring (bicyclic) bond motifs is 1. The fourth-order valence-electron chi connectivity index (χ4n) is 2.62. The minimum atomic E-state index is -0.649. The number of nitrogens with zero attached hydrogens (tertiary/aromatic N) is 2. The van der Waals surface area contributed by atoms with Crippen LogP contribution in [0, 0.1) is 0 Å². The van der Waals surface area contributed by atoms with Crippen LogP contribution in [0.15, 0.2) is 29.4 Å². The predicted octanol–water partition coefficient (Wildman–Crippen LogP) is 1.11. The summed E-state index contributed by atoms with van der Waals surface area (Å²) in [6.07, 6.45) is 2.96. The van der Waals surface area contributed by atoms with Crippen molar-refractivity contribution in [3.8, 4) is 0 Å². The van der Waals surface area contributed by atoms with Crippen LogP contribution in [0.2, 0.25) is 0 Å². The van der Waals surface area contributed by atoms with E-state index in [9.17, 15) is 4.79 Å². The fraction of sp³-hybridized carbons (Fsp3) is 0.429. The van der Waals surface area contributed by atoms with Gasteiger partial charge in [-0.05, 0) is 30.7 Å². The monoisotopic (exact) mass is 290 g/mol. The highest BCUT2D eigenvalue weighted by molar-refractivity contribution is 7.99. The molecule has 2 aliphatic rings. The zero-order valence-corrected chi connectivity index (χ0v) is 12.5. The van der Waals surface area contributed by atoms with E-state index in [1.54, 1.807) is 18.7 Å². The van der Waals surface area contributed by atoms with Crippen LogP contribution in [0.4, 0.5) is 0 Å². The standard InChI is InChI=1S/C14H18N4OS/c1-10-13(19)15-14(20-2,17-16-10)18-8-7-11-5-3-4-6-12(11)9-18/h3-6,17H,7-9H2,1-2H3,(H,15,19)/t14-/m1/s1. The van der Waals surface area contributed by atoms with E-state index < -0.39 is 5.12 Å². The van der Waals surface area contributed by atoms with Crippen LogP contribution in [0.25, 0.3) is 0 Å². The Morgan fingerprint density at radius 3 is 2.80 bits per heavy atom. The Hall–Kier alpha value is -1.53. The fourth-order valence-corrected chi connectivity index (χ4v) is 3.37. The van der Waals surface area contributed by atoms with Gasteiger partial charge in [0.1, 0.15) is 5.71 Å². The van der Waals surface area contributed by atoms with Crippen LogP contribution < -0.4 is 10.7 Å². The van der Waals surface area contributed by atoms with E-state index in [1.165, 1.54) is 11.1 Å². The summed E-state index contributed by atoms with van der Waals surface area (Å²) >= 11 is 1.56. The molecule has 0 radical (unpaired) electrons. The molecule has 0 spiro atoms. The Bertz CT molecular complexity index is 574. The summed E-state index contributed by atoms with van der Waals surface area (Å²) in [6.45, 7) is 3.40. The van der Waals surface area contributed by atoms with Gasteiger partial charge in [0, 0.05) is 13.1 Å². The summed E-state index contributed by atoms with van der Waals surface area (Å²) in [5, 5.41) is 6.55. The average Bonchev–Trinajstić information content (AvgIpc) is 2.50. The maximum Gasteiger partial charge on any atom is 0.270 e. The molecular formula is C14H18N4OS. The average molecular weight is 290 g/mol. The molecular weight excluding hydrogens is 272 g/mol. The third kappa shape index (κ3) is 2.19. The van der Waals surface area contributed by atoms with Crippen molar-refractivity contribution >= 4 is 23.4 Å². The largest absolute Gasteiger partial charge is 0.305 e. The second kappa shape index (κ2) is 5.10. The second-order valence-electron chi connectivity index (χ2n) is 5.05. The van der Waals surface area contributed by atoms with E-state index in [1.807, 2.05) is 6.26 Å². The molecule has 0 saturated carbocycles. The first-order valence-electron chi connectivity index (χ1n) is 6.65. The molecule has 1 aromatic rings. The molecule has 1 atom stereocenters. The Labute approximate surface area is 122 Å². The SMILES string of the molecule is CS[C@@]1(N2CCc3ccccc3C2)NN=C(C)C(=O)N1. The number of amides is 1. The summed E-state index contributed by atoms with van der Waals surface area (Å²) in [5.41, 5.74) is 6.28. The number of carbonyl (C=O) groups is 1. The highest BCUT2D eigenvalue weighted by Gasteiger charge is 2.41. The van der Waals surface area contributed by atoms with E-state index >= 15 is 0 Å². The van der Waals surface area contributed by atoms with Crippen molar-refractivity contribution in [1.82, 2.24) is 15.6 Å². The van der Waals surface area contributed by atoms with Gasteiger partial charge in [-0.25, -0.2) is 4.90 Å². The summed E-state index contributed by atoms with van der Waals surface area (Å²) in [5.74, 6) is -0.114. The first-order valence-corrected chi connectivity index (χ1v) is 7.88. The molecule has 106 valence electrons. The molecule has 0 aromatic heterocycles. The first-order chi connectivity index (χ1) is 9.64. The summed E-state index contributed by atoms with van der Waals surface area (Å²) in [4.78, 5) is 14.2. The lowest BCUT2D eigenvalue weighted by molar-refractivity contribution is -0.119.